The summed E-state index contributed by atoms with van der Waals surface area (Å²) in [5.74, 6) is 5.66. The zero-order valence-electron chi connectivity index (χ0n) is 12.2. The van der Waals surface area contributed by atoms with Crippen molar-refractivity contribution in [3.8, 4) is 0 Å². The van der Waals surface area contributed by atoms with Crippen LogP contribution in [0.5, 0.6) is 0 Å². The van der Waals surface area contributed by atoms with Gasteiger partial charge in [0, 0.05) is 12.2 Å². The minimum atomic E-state index is -0.210. The standard InChI is InChI=1S/C13H23N5O/c1-8(13(3,4)5)7-15-11(19)10-6-9(2)16-12(17-10)18-14/h6,8H,7,14H2,1-5H3,(H,15,19)(H,16,17,18). The van der Waals surface area contributed by atoms with E-state index in [1.807, 2.05) is 0 Å². The van der Waals surface area contributed by atoms with Crippen molar-refractivity contribution in [2.45, 2.75) is 34.6 Å². The van der Waals surface area contributed by atoms with Crippen LogP contribution < -0.4 is 16.6 Å². The highest BCUT2D eigenvalue weighted by molar-refractivity contribution is 5.92. The van der Waals surface area contributed by atoms with Crippen LogP contribution in [-0.2, 0) is 0 Å². The van der Waals surface area contributed by atoms with Crippen LogP contribution in [-0.4, -0.2) is 22.4 Å². The Morgan fingerprint density at radius 1 is 1.42 bits per heavy atom. The number of carbonyl (C=O) groups is 1. The van der Waals surface area contributed by atoms with Crippen molar-refractivity contribution in [2.75, 3.05) is 12.0 Å². The fourth-order valence-electron chi connectivity index (χ4n) is 1.39. The summed E-state index contributed by atoms with van der Waals surface area (Å²) in [7, 11) is 0. The Kier molecular flexibility index (Phi) is 4.83. The molecule has 1 atom stereocenters. The highest BCUT2D eigenvalue weighted by atomic mass is 16.1. The van der Waals surface area contributed by atoms with Crippen LogP contribution >= 0.6 is 0 Å². The molecule has 1 rings (SSSR count). The summed E-state index contributed by atoms with van der Waals surface area (Å²) in [5.41, 5.74) is 3.51. The largest absolute Gasteiger partial charge is 0.350 e. The average molecular weight is 265 g/mol. The van der Waals surface area contributed by atoms with Crippen molar-refractivity contribution in [3.05, 3.63) is 17.5 Å². The molecule has 0 aromatic carbocycles. The van der Waals surface area contributed by atoms with Crippen molar-refractivity contribution in [2.24, 2.45) is 17.2 Å². The molecule has 1 aromatic rings. The van der Waals surface area contributed by atoms with E-state index >= 15 is 0 Å². The number of amides is 1. The number of nitrogens with two attached hydrogens (primary N) is 1. The van der Waals surface area contributed by atoms with Gasteiger partial charge in [0.05, 0.1) is 0 Å². The smallest absolute Gasteiger partial charge is 0.270 e. The van der Waals surface area contributed by atoms with E-state index in [9.17, 15) is 4.79 Å². The normalized spacial score (nSPS) is 12.9. The van der Waals surface area contributed by atoms with Gasteiger partial charge in [-0.2, -0.15) is 0 Å². The van der Waals surface area contributed by atoms with E-state index in [1.54, 1.807) is 13.0 Å². The maximum Gasteiger partial charge on any atom is 0.270 e. The molecule has 6 nitrogen and oxygen atoms in total. The zero-order chi connectivity index (χ0) is 14.6. The minimum absolute atomic E-state index is 0.152. The van der Waals surface area contributed by atoms with Gasteiger partial charge in [0.25, 0.3) is 5.91 Å². The fourth-order valence-corrected chi connectivity index (χ4v) is 1.39. The predicted molar refractivity (Wildman–Crippen MR) is 75.5 cm³/mol. The molecular weight excluding hydrogens is 242 g/mol. The second-order valence-electron chi connectivity index (χ2n) is 5.84. The van der Waals surface area contributed by atoms with E-state index < -0.39 is 0 Å². The molecular formula is C13H23N5O. The van der Waals surface area contributed by atoms with Gasteiger partial charge in [-0.1, -0.05) is 27.7 Å². The molecule has 1 unspecified atom stereocenters. The molecule has 0 bridgehead atoms. The predicted octanol–water partition coefficient (Wildman–Crippen LogP) is 1.48. The Morgan fingerprint density at radius 2 is 2.05 bits per heavy atom. The Bertz CT molecular complexity index is 453. The maximum atomic E-state index is 12.0. The average Bonchev–Trinajstić information content (AvgIpc) is 2.33. The molecule has 0 aliphatic heterocycles. The van der Waals surface area contributed by atoms with E-state index in [0.717, 1.165) is 0 Å². The van der Waals surface area contributed by atoms with Crippen molar-refractivity contribution >= 4 is 11.9 Å². The summed E-state index contributed by atoms with van der Waals surface area (Å²) in [6.45, 7) is 10.9. The number of anilines is 1. The molecule has 0 saturated heterocycles. The van der Waals surface area contributed by atoms with E-state index in [2.05, 4.69) is 48.4 Å². The van der Waals surface area contributed by atoms with Crippen LogP contribution in [0.1, 0.15) is 43.9 Å². The lowest BCUT2D eigenvalue weighted by Crippen LogP contribution is -2.34. The van der Waals surface area contributed by atoms with Gasteiger partial charge >= 0.3 is 0 Å². The monoisotopic (exact) mass is 265 g/mol. The Morgan fingerprint density at radius 3 is 2.58 bits per heavy atom. The third kappa shape index (κ3) is 4.48. The molecule has 0 aliphatic rings. The number of hydrogen-bond donors (Lipinski definition) is 3. The first-order valence-corrected chi connectivity index (χ1v) is 6.34. The van der Waals surface area contributed by atoms with Crippen molar-refractivity contribution in [3.63, 3.8) is 0 Å². The molecule has 4 N–H and O–H groups in total. The SMILES string of the molecule is Cc1cc(C(=O)NCC(C)C(C)(C)C)nc(NN)n1. The summed E-state index contributed by atoms with van der Waals surface area (Å²) in [5, 5.41) is 2.89. The molecule has 0 spiro atoms. The first-order chi connectivity index (χ1) is 8.74. The van der Waals surface area contributed by atoms with Crippen LogP contribution in [0.2, 0.25) is 0 Å². The fraction of sp³-hybridized carbons (Fsp3) is 0.615. The second kappa shape index (κ2) is 5.97. The highest BCUT2D eigenvalue weighted by Crippen LogP contribution is 2.24. The van der Waals surface area contributed by atoms with Gasteiger partial charge in [-0.3, -0.25) is 10.2 Å². The van der Waals surface area contributed by atoms with Crippen molar-refractivity contribution in [1.29, 1.82) is 0 Å². The van der Waals surface area contributed by atoms with Crippen LogP contribution in [0, 0.1) is 18.3 Å². The summed E-state index contributed by atoms with van der Waals surface area (Å²) < 4.78 is 0. The van der Waals surface area contributed by atoms with Gasteiger partial charge in [0.15, 0.2) is 0 Å². The van der Waals surface area contributed by atoms with Gasteiger partial charge in [-0.15, -0.1) is 0 Å². The van der Waals surface area contributed by atoms with Gasteiger partial charge in [0.2, 0.25) is 5.95 Å². The van der Waals surface area contributed by atoms with E-state index in [0.29, 0.717) is 23.9 Å². The van der Waals surface area contributed by atoms with Crippen molar-refractivity contribution in [1.82, 2.24) is 15.3 Å². The zero-order valence-corrected chi connectivity index (χ0v) is 12.2. The van der Waals surface area contributed by atoms with Gasteiger partial charge in [-0.05, 0) is 24.3 Å². The topological polar surface area (TPSA) is 92.9 Å². The number of nitrogen functional groups attached to an aromatic ring is 1. The number of rotatable bonds is 4. The Hall–Kier alpha value is -1.69. The van der Waals surface area contributed by atoms with Crippen LogP contribution in [0.25, 0.3) is 0 Å². The molecule has 0 fully saturated rings. The number of nitrogens with zero attached hydrogens (tertiary/aromatic N) is 2. The molecule has 0 aliphatic carbocycles. The van der Waals surface area contributed by atoms with Gasteiger partial charge in [0.1, 0.15) is 5.69 Å². The summed E-state index contributed by atoms with van der Waals surface area (Å²) in [6, 6.07) is 1.64. The lowest BCUT2D eigenvalue weighted by Gasteiger charge is -2.27. The van der Waals surface area contributed by atoms with E-state index in [-0.39, 0.29) is 17.3 Å². The molecule has 106 valence electrons. The molecule has 1 aromatic heterocycles. The third-order valence-corrected chi connectivity index (χ3v) is 3.26. The number of hydrogen-bond acceptors (Lipinski definition) is 5. The molecule has 1 amide bonds. The second-order valence-corrected chi connectivity index (χ2v) is 5.84. The molecule has 0 saturated carbocycles. The quantitative estimate of drug-likeness (QED) is 0.566. The number of nitrogens with one attached hydrogen (secondary N) is 2. The number of aryl methyl sites for hydroxylation is 1. The first kappa shape index (κ1) is 15.4. The van der Waals surface area contributed by atoms with Crippen LogP contribution in [0.3, 0.4) is 0 Å². The summed E-state index contributed by atoms with van der Waals surface area (Å²) in [6.07, 6.45) is 0. The molecule has 6 heteroatoms. The summed E-state index contributed by atoms with van der Waals surface area (Å²) >= 11 is 0. The maximum absolute atomic E-state index is 12.0. The highest BCUT2D eigenvalue weighted by Gasteiger charge is 2.21. The Balaban J connectivity index is 2.71. The van der Waals surface area contributed by atoms with E-state index in [1.165, 1.54) is 0 Å². The number of carbonyl (C=O) groups excluding carboxylic acids is 1. The van der Waals surface area contributed by atoms with E-state index in [4.69, 9.17) is 5.84 Å². The number of aromatic nitrogens is 2. The van der Waals surface area contributed by atoms with Gasteiger partial charge < -0.3 is 5.32 Å². The van der Waals surface area contributed by atoms with Crippen LogP contribution in [0.4, 0.5) is 5.95 Å². The molecule has 1 heterocycles. The summed E-state index contributed by atoms with van der Waals surface area (Å²) in [4.78, 5) is 20.1. The lowest BCUT2D eigenvalue weighted by atomic mass is 9.82. The number of hydrazine groups is 1. The Labute approximate surface area is 114 Å². The van der Waals surface area contributed by atoms with Crippen LogP contribution in [0.15, 0.2) is 6.07 Å². The van der Waals surface area contributed by atoms with Gasteiger partial charge in [-0.25, -0.2) is 15.8 Å². The third-order valence-electron chi connectivity index (χ3n) is 3.26. The first-order valence-electron chi connectivity index (χ1n) is 6.34. The molecule has 19 heavy (non-hydrogen) atoms. The lowest BCUT2D eigenvalue weighted by molar-refractivity contribution is 0.0932. The minimum Gasteiger partial charge on any atom is -0.350 e. The molecule has 0 radical (unpaired) electrons. The van der Waals surface area contributed by atoms with Crippen molar-refractivity contribution < 1.29 is 4.79 Å².